The van der Waals surface area contributed by atoms with E-state index in [1.165, 1.54) is 5.56 Å². The molecule has 1 saturated heterocycles. The van der Waals surface area contributed by atoms with Gasteiger partial charge in [-0.3, -0.25) is 5.10 Å². The predicted octanol–water partition coefficient (Wildman–Crippen LogP) is 2.33. The number of aromatic amines is 1. The average molecular weight is 301 g/mol. The van der Waals surface area contributed by atoms with Gasteiger partial charge in [-0.2, -0.15) is 5.10 Å². The van der Waals surface area contributed by atoms with Gasteiger partial charge in [-0.1, -0.05) is 30.3 Å². The largest absolute Gasteiger partial charge is 0.353 e. The van der Waals surface area contributed by atoms with Crippen molar-refractivity contribution < 1.29 is 0 Å². The number of aromatic nitrogens is 2. The van der Waals surface area contributed by atoms with E-state index >= 15 is 0 Å². The van der Waals surface area contributed by atoms with E-state index in [4.69, 9.17) is 0 Å². The molecule has 2 aromatic rings. The lowest BCUT2D eigenvalue weighted by molar-refractivity contribution is 0.584. The van der Waals surface area contributed by atoms with Crippen LogP contribution in [0.25, 0.3) is 11.3 Å². The number of nitrogens with zero attached hydrogens (tertiary/aromatic N) is 2. The Balaban J connectivity index is 0.000000902. The van der Waals surface area contributed by atoms with Crippen molar-refractivity contribution in [3.63, 3.8) is 0 Å². The number of piperazine rings is 1. The van der Waals surface area contributed by atoms with Gasteiger partial charge < -0.3 is 10.2 Å². The lowest BCUT2D eigenvalue weighted by Gasteiger charge is -2.26. The molecule has 0 amide bonds. The molecule has 0 aliphatic carbocycles. The average Bonchev–Trinajstić information content (AvgIpc) is 2.90. The molecule has 1 aromatic heterocycles. The first kappa shape index (κ1) is 15.8. The maximum Gasteiger partial charge on any atom is 0.151 e. The van der Waals surface area contributed by atoms with E-state index in [9.17, 15) is 0 Å². The molecular formula is C13H18Cl2N4. The van der Waals surface area contributed by atoms with Crippen molar-refractivity contribution >= 4 is 30.6 Å². The SMILES string of the molecule is Cl.Cl.c1ccc(-c2cc(N3CCNCC3)n[nH]2)cc1. The highest BCUT2D eigenvalue weighted by Gasteiger charge is 2.13. The molecule has 1 aliphatic rings. The molecule has 2 heterocycles. The van der Waals surface area contributed by atoms with E-state index in [1.54, 1.807) is 0 Å². The van der Waals surface area contributed by atoms with E-state index in [0.717, 1.165) is 37.7 Å². The molecule has 6 heteroatoms. The van der Waals surface area contributed by atoms with Gasteiger partial charge in [0.15, 0.2) is 5.82 Å². The summed E-state index contributed by atoms with van der Waals surface area (Å²) in [5.74, 6) is 1.05. The van der Waals surface area contributed by atoms with E-state index in [2.05, 4.69) is 38.6 Å². The summed E-state index contributed by atoms with van der Waals surface area (Å²) in [6.07, 6.45) is 0. The number of benzene rings is 1. The van der Waals surface area contributed by atoms with E-state index in [0.29, 0.717) is 0 Å². The summed E-state index contributed by atoms with van der Waals surface area (Å²) in [5.41, 5.74) is 2.26. The van der Waals surface area contributed by atoms with Crippen molar-refractivity contribution in [3.8, 4) is 11.3 Å². The van der Waals surface area contributed by atoms with E-state index < -0.39 is 0 Å². The second-order valence-corrected chi connectivity index (χ2v) is 4.24. The first-order chi connectivity index (χ1) is 8.43. The minimum absolute atomic E-state index is 0. The van der Waals surface area contributed by atoms with Crippen LogP contribution in [-0.4, -0.2) is 36.4 Å². The highest BCUT2D eigenvalue weighted by atomic mass is 35.5. The van der Waals surface area contributed by atoms with Gasteiger partial charge in [0.1, 0.15) is 0 Å². The van der Waals surface area contributed by atoms with Crippen LogP contribution in [0.4, 0.5) is 5.82 Å². The van der Waals surface area contributed by atoms with Crippen LogP contribution < -0.4 is 10.2 Å². The van der Waals surface area contributed by atoms with Gasteiger partial charge in [0.05, 0.1) is 5.69 Å². The van der Waals surface area contributed by atoms with Gasteiger partial charge in [-0.25, -0.2) is 0 Å². The minimum Gasteiger partial charge on any atom is -0.353 e. The first-order valence-corrected chi connectivity index (χ1v) is 6.00. The topological polar surface area (TPSA) is 44.0 Å². The second kappa shape index (κ2) is 7.38. The molecular weight excluding hydrogens is 283 g/mol. The summed E-state index contributed by atoms with van der Waals surface area (Å²) >= 11 is 0. The Hall–Kier alpha value is -1.23. The van der Waals surface area contributed by atoms with Crippen LogP contribution in [0.15, 0.2) is 36.4 Å². The summed E-state index contributed by atoms with van der Waals surface area (Å²) in [6, 6.07) is 12.4. The fraction of sp³-hybridized carbons (Fsp3) is 0.308. The van der Waals surface area contributed by atoms with Crippen LogP contribution in [0.2, 0.25) is 0 Å². The summed E-state index contributed by atoms with van der Waals surface area (Å²) < 4.78 is 0. The second-order valence-electron chi connectivity index (χ2n) is 4.24. The fourth-order valence-corrected chi connectivity index (χ4v) is 2.13. The monoisotopic (exact) mass is 300 g/mol. The maximum atomic E-state index is 4.39. The lowest BCUT2D eigenvalue weighted by Crippen LogP contribution is -2.43. The zero-order chi connectivity index (χ0) is 11.5. The van der Waals surface area contributed by atoms with Crippen molar-refractivity contribution in [2.45, 2.75) is 0 Å². The minimum atomic E-state index is 0. The van der Waals surface area contributed by atoms with E-state index in [-0.39, 0.29) is 24.8 Å². The van der Waals surface area contributed by atoms with Crippen molar-refractivity contribution in [3.05, 3.63) is 36.4 Å². The molecule has 0 saturated carbocycles. The fourth-order valence-electron chi connectivity index (χ4n) is 2.13. The van der Waals surface area contributed by atoms with Crippen LogP contribution in [0, 0.1) is 0 Å². The van der Waals surface area contributed by atoms with Crippen LogP contribution in [0.1, 0.15) is 0 Å². The number of H-pyrrole nitrogens is 1. The first-order valence-electron chi connectivity index (χ1n) is 6.00. The smallest absolute Gasteiger partial charge is 0.151 e. The van der Waals surface area contributed by atoms with Gasteiger partial charge in [-0.05, 0) is 5.56 Å². The molecule has 104 valence electrons. The van der Waals surface area contributed by atoms with Crippen molar-refractivity contribution in [2.75, 3.05) is 31.1 Å². The van der Waals surface area contributed by atoms with Gasteiger partial charge in [0.2, 0.25) is 0 Å². The Bertz CT molecular complexity index is 480. The third-order valence-electron chi connectivity index (χ3n) is 3.09. The molecule has 2 N–H and O–H groups in total. The molecule has 0 atom stereocenters. The summed E-state index contributed by atoms with van der Waals surface area (Å²) in [5, 5.41) is 10.8. The lowest BCUT2D eigenvalue weighted by atomic mass is 10.1. The number of anilines is 1. The molecule has 1 aromatic carbocycles. The molecule has 19 heavy (non-hydrogen) atoms. The molecule has 3 rings (SSSR count). The quantitative estimate of drug-likeness (QED) is 0.895. The number of halogens is 2. The Morgan fingerprint density at radius 3 is 2.37 bits per heavy atom. The standard InChI is InChI=1S/C13H16N4.2ClH/c1-2-4-11(5-3-1)12-10-13(16-15-12)17-8-6-14-7-9-17;;/h1-5,10,14H,6-9H2,(H,15,16);2*1H. The zero-order valence-electron chi connectivity index (χ0n) is 10.5. The predicted molar refractivity (Wildman–Crippen MR) is 83.6 cm³/mol. The summed E-state index contributed by atoms with van der Waals surface area (Å²) in [7, 11) is 0. The van der Waals surface area contributed by atoms with E-state index in [1.807, 2.05) is 18.2 Å². The van der Waals surface area contributed by atoms with Crippen LogP contribution in [0.3, 0.4) is 0 Å². The number of hydrogen-bond acceptors (Lipinski definition) is 3. The molecule has 0 unspecified atom stereocenters. The molecule has 0 bridgehead atoms. The molecule has 4 nitrogen and oxygen atoms in total. The van der Waals surface area contributed by atoms with Crippen LogP contribution in [0.5, 0.6) is 0 Å². The van der Waals surface area contributed by atoms with Crippen molar-refractivity contribution in [1.82, 2.24) is 15.5 Å². The Morgan fingerprint density at radius 2 is 1.68 bits per heavy atom. The number of rotatable bonds is 2. The maximum absolute atomic E-state index is 4.39. The molecule has 1 aliphatic heterocycles. The summed E-state index contributed by atoms with van der Waals surface area (Å²) in [6.45, 7) is 4.12. The summed E-state index contributed by atoms with van der Waals surface area (Å²) in [4.78, 5) is 2.31. The van der Waals surface area contributed by atoms with Gasteiger partial charge >= 0.3 is 0 Å². The highest BCUT2D eigenvalue weighted by molar-refractivity contribution is 5.85. The Kier molecular flexibility index (Phi) is 6.15. The third kappa shape index (κ3) is 3.62. The van der Waals surface area contributed by atoms with Gasteiger partial charge in [0.25, 0.3) is 0 Å². The molecule has 0 spiro atoms. The molecule has 0 radical (unpaired) electrons. The molecule has 1 fully saturated rings. The zero-order valence-corrected chi connectivity index (χ0v) is 12.1. The number of hydrogen-bond donors (Lipinski definition) is 2. The Morgan fingerprint density at radius 1 is 1.00 bits per heavy atom. The van der Waals surface area contributed by atoms with Crippen LogP contribution >= 0.6 is 24.8 Å². The normalized spacial score (nSPS) is 14.4. The Labute approximate surface area is 125 Å². The van der Waals surface area contributed by atoms with Gasteiger partial charge in [-0.15, -0.1) is 24.8 Å². The number of nitrogens with one attached hydrogen (secondary N) is 2. The van der Waals surface area contributed by atoms with Crippen LogP contribution in [-0.2, 0) is 0 Å². The van der Waals surface area contributed by atoms with Gasteiger partial charge in [0, 0.05) is 32.2 Å². The third-order valence-corrected chi connectivity index (χ3v) is 3.09. The van der Waals surface area contributed by atoms with Crippen molar-refractivity contribution in [1.29, 1.82) is 0 Å². The van der Waals surface area contributed by atoms with Crippen molar-refractivity contribution in [2.24, 2.45) is 0 Å². The highest BCUT2D eigenvalue weighted by Crippen LogP contribution is 2.21.